The average molecular weight is 291 g/mol. The van der Waals surface area contributed by atoms with Crippen LogP contribution in [0.15, 0.2) is 24.3 Å². The van der Waals surface area contributed by atoms with Crippen molar-refractivity contribution >= 4 is 5.78 Å². The minimum atomic E-state index is -0.546. The number of carbonyl (C=O) groups is 1. The Hall–Kier alpha value is -1.39. The zero-order chi connectivity index (χ0) is 15.3. The Morgan fingerprint density at radius 2 is 1.95 bits per heavy atom. The molecule has 1 aromatic rings. The smallest absolute Gasteiger partial charge is 0.186 e. The molecule has 4 nitrogen and oxygen atoms in total. The third-order valence-corrected chi connectivity index (χ3v) is 3.95. The Labute approximate surface area is 127 Å². The largest absolute Gasteiger partial charge is 0.493 e. The number of nitrogens with zero attached hydrogens (tertiary/aromatic N) is 1. The highest BCUT2D eigenvalue weighted by molar-refractivity contribution is 6.04. The van der Waals surface area contributed by atoms with Gasteiger partial charge in [0.05, 0.1) is 30.9 Å². The lowest BCUT2D eigenvalue weighted by molar-refractivity contribution is -0.00439. The molecule has 0 amide bonds. The second-order valence-corrected chi connectivity index (χ2v) is 5.83. The maximum atomic E-state index is 13.0. The molecule has 0 saturated carbocycles. The highest BCUT2D eigenvalue weighted by Crippen LogP contribution is 2.27. The quantitative estimate of drug-likeness (QED) is 0.756. The average Bonchev–Trinajstić information content (AvgIpc) is 2.53. The third-order valence-electron chi connectivity index (χ3n) is 3.95. The van der Waals surface area contributed by atoms with Crippen molar-refractivity contribution in [1.29, 1.82) is 0 Å². The van der Waals surface area contributed by atoms with E-state index in [0.717, 1.165) is 19.5 Å². The predicted molar refractivity (Wildman–Crippen MR) is 83.0 cm³/mol. The number of hydrogen-bond acceptors (Lipinski definition) is 4. The normalized spacial score (nSPS) is 16.7. The van der Waals surface area contributed by atoms with Gasteiger partial charge in [0.15, 0.2) is 5.78 Å². The van der Waals surface area contributed by atoms with Crippen molar-refractivity contribution in [3.8, 4) is 5.75 Å². The molecule has 0 spiro atoms. The molecule has 1 aliphatic rings. The summed E-state index contributed by atoms with van der Waals surface area (Å²) in [6, 6.07) is 7.53. The summed E-state index contributed by atoms with van der Waals surface area (Å²) in [5, 5.41) is 0. The fraction of sp³-hybridized carbons (Fsp3) is 0.588. The molecule has 0 aromatic heterocycles. The molecule has 116 valence electrons. The van der Waals surface area contributed by atoms with Crippen LogP contribution in [-0.2, 0) is 4.74 Å². The minimum Gasteiger partial charge on any atom is -0.493 e. The van der Waals surface area contributed by atoms with Gasteiger partial charge in [0.1, 0.15) is 5.75 Å². The molecule has 1 aromatic carbocycles. The molecule has 0 atom stereocenters. The van der Waals surface area contributed by atoms with Gasteiger partial charge in [-0.15, -0.1) is 0 Å². The van der Waals surface area contributed by atoms with Gasteiger partial charge in [-0.2, -0.15) is 0 Å². The van der Waals surface area contributed by atoms with Gasteiger partial charge in [-0.05, 0) is 32.4 Å². The van der Waals surface area contributed by atoms with Crippen molar-refractivity contribution < 1.29 is 14.3 Å². The van der Waals surface area contributed by atoms with Crippen LogP contribution < -0.4 is 4.74 Å². The standard InChI is InChI=1S/C17H25NO3/c1-4-11-21-15-8-6-5-7-14(15)16(19)17(2,3)18-9-12-20-13-10-18/h5-8H,4,9-13H2,1-3H3. The zero-order valence-corrected chi connectivity index (χ0v) is 13.2. The zero-order valence-electron chi connectivity index (χ0n) is 13.2. The number of rotatable bonds is 6. The maximum absolute atomic E-state index is 13.0. The SMILES string of the molecule is CCCOc1ccccc1C(=O)C(C)(C)N1CCOCC1. The Balaban J connectivity index is 2.21. The van der Waals surface area contributed by atoms with Crippen molar-refractivity contribution in [2.75, 3.05) is 32.9 Å². The number of Topliss-reactive ketones (excluding diaryl/α,β-unsaturated/α-hetero) is 1. The van der Waals surface area contributed by atoms with Gasteiger partial charge in [0.25, 0.3) is 0 Å². The molecule has 1 saturated heterocycles. The van der Waals surface area contributed by atoms with Crippen molar-refractivity contribution in [2.24, 2.45) is 0 Å². The lowest BCUT2D eigenvalue weighted by Crippen LogP contribution is -2.54. The summed E-state index contributed by atoms with van der Waals surface area (Å²) >= 11 is 0. The summed E-state index contributed by atoms with van der Waals surface area (Å²) in [6.07, 6.45) is 0.926. The summed E-state index contributed by atoms with van der Waals surface area (Å²) in [5.41, 5.74) is 0.123. The van der Waals surface area contributed by atoms with Crippen LogP contribution in [-0.4, -0.2) is 49.1 Å². The van der Waals surface area contributed by atoms with Crippen molar-refractivity contribution in [2.45, 2.75) is 32.7 Å². The summed E-state index contributed by atoms with van der Waals surface area (Å²) in [7, 11) is 0. The van der Waals surface area contributed by atoms with Crippen LogP contribution in [0.2, 0.25) is 0 Å². The third kappa shape index (κ3) is 3.63. The number of hydrogen-bond donors (Lipinski definition) is 0. The summed E-state index contributed by atoms with van der Waals surface area (Å²) < 4.78 is 11.1. The Morgan fingerprint density at radius 3 is 2.62 bits per heavy atom. The Bertz CT molecular complexity index is 479. The molecule has 21 heavy (non-hydrogen) atoms. The first kappa shape index (κ1) is 16.0. The minimum absolute atomic E-state index is 0.108. The molecule has 2 rings (SSSR count). The molecular weight excluding hydrogens is 266 g/mol. The van der Waals surface area contributed by atoms with E-state index < -0.39 is 5.54 Å². The van der Waals surface area contributed by atoms with Gasteiger partial charge in [0, 0.05) is 13.1 Å². The fourth-order valence-electron chi connectivity index (χ4n) is 2.59. The van der Waals surface area contributed by atoms with E-state index in [2.05, 4.69) is 11.8 Å². The van der Waals surface area contributed by atoms with Crippen LogP contribution in [0.3, 0.4) is 0 Å². The molecule has 1 aliphatic heterocycles. The maximum Gasteiger partial charge on any atom is 0.186 e. The van der Waals surface area contributed by atoms with E-state index in [1.165, 1.54) is 0 Å². The van der Waals surface area contributed by atoms with Crippen LogP contribution in [0.25, 0.3) is 0 Å². The molecule has 0 unspecified atom stereocenters. The molecule has 0 aliphatic carbocycles. The first-order valence-corrected chi connectivity index (χ1v) is 7.66. The highest BCUT2D eigenvalue weighted by atomic mass is 16.5. The Morgan fingerprint density at radius 1 is 1.29 bits per heavy atom. The van der Waals surface area contributed by atoms with E-state index in [-0.39, 0.29) is 5.78 Å². The van der Waals surface area contributed by atoms with E-state index in [1.54, 1.807) is 0 Å². The van der Waals surface area contributed by atoms with Gasteiger partial charge in [-0.25, -0.2) is 0 Å². The molecule has 1 heterocycles. The van der Waals surface area contributed by atoms with Crippen LogP contribution in [0, 0.1) is 0 Å². The second-order valence-electron chi connectivity index (χ2n) is 5.83. The molecular formula is C17H25NO3. The molecule has 0 bridgehead atoms. The van der Waals surface area contributed by atoms with Gasteiger partial charge in [-0.1, -0.05) is 19.1 Å². The van der Waals surface area contributed by atoms with E-state index in [9.17, 15) is 4.79 Å². The fourth-order valence-corrected chi connectivity index (χ4v) is 2.59. The number of carbonyl (C=O) groups excluding carboxylic acids is 1. The van der Waals surface area contributed by atoms with Crippen LogP contribution in [0.4, 0.5) is 0 Å². The van der Waals surface area contributed by atoms with Crippen molar-refractivity contribution in [3.05, 3.63) is 29.8 Å². The predicted octanol–water partition coefficient (Wildman–Crippen LogP) is 2.77. The highest BCUT2D eigenvalue weighted by Gasteiger charge is 2.37. The first-order valence-electron chi connectivity index (χ1n) is 7.66. The summed E-state index contributed by atoms with van der Waals surface area (Å²) in [5.74, 6) is 0.793. The van der Waals surface area contributed by atoms with E-state index in [4.69, 9.17) is 9.47 Å². The number of benzene rings is 1. The molecule has 4 heteroatoms. The number of ether oxygens (including phenoxy) is 2. The van der Waals surface area contributed by atoms with E-state index in [1.807, 2.05) is 38.1 Å². The number of ketones is 1. The number of para-hydroxylation sites is 1. The first-order chi connectivity index (χ1) is 10.1. The van der Waals surface area contributed by atoms with Gasteiger partial charge < -0.3 is 9.47 Å². The lowest BCUT2D eigenvalue weighted by atomic mass is 9.90. The monoisotopic (exact) mass is 291 g/mol. The molecule has 0 radical (unpaired) electrons. The van der Waals surface area contributed by atoms with Crippen molar-refractivity contribution in [1.82, 2.24) is 4.90 Å². The Kier molecular flexibility index (Phi) is 5.37. The van der Waals surface area contributed by atoms with Gasteiger partial charge in [-0.3, -0.25) is 9.69 Å². The summed E-state index contributed by atoms with van der Waals surface area (Å²) in [6.45, 7) is 9.60. The second kappa shape index (κ2) is 7.05. The van der Waals surface area contributed by atoms with E-state index >= 15 is 0 Å². The lowest BCUT2D eigenvalue weighted by Gasteiger charge is -2.39. The van der Waals surface area contributed by atoms with Gasteiger partial charge >= 0.3 is 0 Å². The summed E-state index contributed by atoms with van der Waals surface area (Å²) in [4.78, 5) is 15.2. The topological polar surface area (TPSA) is 38.8 Å². The van der Waals surface area contributed by atoms with E-state index in [0.29, 0.717) is 31.1 Å². The van der Waals surface area contributed by atoms with Crippen molar-refractivity contribution in [3.63, 3.8) is 0 Å². The molecule has 1 fully saturated rings. The van der Waals surface area contributed by atoms with Crippen LogP contribution >= 0.6 is 0 Å². The van der Waals surface area contributed by atoms with Crippen LogP contribution in [0.5, 0.6) is 5.75 Å². The van der Waals surface area contributed by atoms with Gasteiger partial charge in [0.2, 0.25) is 0 Å². The number of morpholine rings is 1. The van der Waals surface area contributed by atoms with Crippen LogP contribution in [0.1, 0.15) is 37.6 Å². The molecule has 0 N–H and O–H groups in total.